The zero-order chi connectivity index (χ0) is 23.6. The minimum Gasteiger partial charge on any atom is -0.391 e. The number of nitrogens with one attached hydrogen (secondary N) is 2. The van der Waals surface area contributed by atoms with Gasteiger partial charge in [-0.15, -0.1) is 11.3 Å². The Balaban J connectivity index is 1.70. The molecule has 7 nitrogen and oxygen atoms in total. The molecule has 0 aliphatic carbocycles. The van der Waals surface area contributed by atoms with Gasteiger partial charge < -0.3 is 20.6 Å². The van der Waals surface area contributed by atoms with Gasteiger partial charge in [0, 0.05) is 13.0 Å². The van der Waals surface area contributed by atoms with Crippen LogP contribution in [0.2, 0.25) is 0 Å². The highest BCUT2D eigenvalue weighted by Crippen LogP contribution is 2.29. The molecule has 1 fully saturated rings. The molecule has 0 bridgehead atoms. The standard InChI is InChI=1S/C24H34N4O3S/c1-14(16-7-9-17(10-8-16)20-15(2)26-13-32-20)27-22(30)19-11-18(29)12-28(19)23(31)21(25-6)24(3,4)5/h7-10,13-14,18-19,21,25,29H,11-12H2,1-6H3,(H,27,30)/t14-,18+,19?,21?/m1/s1. The van der Waals surface area contributed by atoms with E-state index < -0.39 is 18.2 Å². The van der Waals surface area contributed by atoms with Crippen molar-refractivity contribution < 1.29 is 14.7 Å². The maximum absolute atomic E-state index is 13.2. The molecule has 1 aromatic heterocycles. The van der Waals surface area contributed by atoms with Crippen LogP contribution in [0.5, 0.6) is 0 Å². The zero-order valence-corrected chi connectivity index (χ0v) is 20.5. The van der Waals surface area contributed by atoms with Crippen LogP contribution in [0.4, 0.5) is 0 Å². The molecule has 1 saturated heterocycles. The first-order valence-corrected chi connectivity index (χ1v) is 11.9. The molecule has 3 rings (SSSR count). The van der Waals surface area contributed by atoms with E-state index in [0.717, 1.165) is 21.7 Å². The summed E-state index contributed by atoms with van der Waals surface area (Å²) in [6, 6.07) is 6.73. The van der Waals surface area contributed by atoms with Crippen LogP contribution in [0.3, 0.4) is 0 Å². The number of benzene rings is 1. The summed E-state index contributed by atoms with van der Waals surface area (Å²) in [5, 5.41) is 16.3. The average molecular weight is 459 g/mol. The van der Waals surface area contributed by atoms with Crippen molar-refractivity contribution in [3.63, 3.8) is 0 Å². The van der Waals surface area contributed by atoms with E-state index in [-0.39, 0.29) is 36.2 Å². The number of amides is 2. The van der Waals surface area contributed by atoms with Crippen molar-refractivity contribution in [2.75, 3.05) is 13.6 Å². The van der Waals surface area contributed by atoms with E-state index in [9.17, 15) is 14.7 Å². The molecule has 2 unspecified atom stereocenters. The minimum atomic E-state index is -0.704. The molecule has 2 heterocycles. The summed E-state index contributed by atoms with van der Waals surface area (Å²) in [5.41, 5.74) is 4.60. The molecular weight excluding hydrogens is 424 g/mol. The lowest BCUT2D eigenvalue weighted by atomic mass is 9.86. The molecule has 2 amide bonds. The van der Waals surface area contributed by atoms with E-state index >= 15 is 0 Å². The Labute approximate surface area is 194 Å². The molecule has 174 valence electrons. The quantitative estimate of drug-likeness (QED) is 0.619. The van der Waals surface area contributed by atoms with Crippen molar-refractivity contribution in [3.05, 3.63) is 41.0 Å². The van der Waals surface area contributed by atoms with Crippen LogP contribution in [0, 0.1) is 12.3 Å². The van der Waals surface area contributed by atoms with Gasteiger partial charge in [-0.1, -0.05) is 45.0 Å². The number of aliphatic hydroxyl groups is 1. The Kier molecular flexibility index (Phi) is 7.37. The third-order valence-electron chi connectivity index (χ3n) is 6.04. The summed E-state index contributed by atoms with van der Waals surface area (Å²) < 4.78 is 0. The lowest BCUT2D eigenvalue weighted by Gasteiger charge is -2.34. The zero-order valence-electron chi connectivity index (χ0n) is 19.7. The van der Waals surface area contributed by atoms with Gasteiger partial charge in [0.05, 0.1) is 34.3 Å². The number of rotatable bonds is 6. The van der Waals surface area contributed by atoms with Crippen LogP contribution in [0.15, 0.2) is 29.8 Å². The smallest absolute Gasteiger partial charge is 0.243 e. The largest absolute Gasteiger partial charge is 0.391 e. The van der Waals surface area contributed by atoms with Crippen LogP contribution in [0.25, 0.3) is 10.4 Å². The van der Waals surface area contributed by atoms with Crippen LogP contribution in [-0.2, 0) is 9.59 Å². The Morgan fingerprint density at radius 1 is 1.25 bits per heavy atom. The van der Waals surface area contributed by atoms with Gasteiger partial charge in [0.2, 0.25) is 11.8 Å². The molecular formula is C24H34N4O3S. The summed E-state index contributed by atoms with van der Waals surface area (Å²) >= 11 is 1.61. The number of β-amino-alcohol motifs (C(OH)–C–C–N with tert-alkyl or cyclic N) is 1. The number of thiazole rings is 1. The van der Waals surface area contributed by atoms with Crippen molar-refractivity contribution >= 4 is 23.2 Å². The molecule has 1 aromatic carbocycles. The normalized spacial score (nSPS) is 20.8. The summed E-state index contributed by atoms with van der Waals surface area (Å²) in [6.45, 7) is 10.0. The van der Waals surface area contributed by atoms with E-state index in [4.69, 9.17) is 0 Å². The van der Waals surface area contributed by atoms with Crippen LogP contribution >= 0.6 is 11.3 Å². The number of aliphatic hydroxyl groups excluding tert-OH is 1. The van der Waals surface area contributed by atoms with E-state index in [2.05, 4.69) is 15.6 Å². The van der Waals surface area contributed by atoms with Crippen molar-refractivity contribution in [2.24, 2.45) is 5.41 Å². The Hall–Kier alpha value is -2.29. The molecule has 32 heavy (non-hydrogen) atoms. The fourth-order valence-electron chi connectivity index (χ4n) is 4.29. The van der Waals surface area contributed by atoms with Crippen LogP contribution in [-0.4, -0.2) is 58.6 Å². The molecule has 0 saturated carbocycles. The lowest BCUT2D eigenvalue weighted by molar-refractivity contribution is -0.142. The number of hydrogen-bond acceptors (Lipinski definition) is 6. The predicted octanol–water partition coefficient (Wildman–Crippen LogP) is 2.89. The number of likely N-dealkylation sites (tertiary alicyclic amines) is 1. The van der Waals surface area contributed by atoms with Crippen LogP contribution < -0.4 is 10.6 Å². The number of nitrogens with zero attached hydrogens (tertiary/aromatic N) is 2. The molecule has 4 atom stereocenters. The maximum atomic E-state index is 13.2. The first kappa shape index (κ1) is 24.4. The van der Waals surface area contributed by atoms with E-state index in [0.29, 0.717) is 0 Å². The molecule has 1 aliphatic rings. The summed E-state index contributed by atoms with van der Waals surface area (Å²) in [4.78, 5) is 33.3. The second-order valence-electron chi connectivity index (χ2n) is 9.60. The number of hydrogen-bond donors (Lipinski definition) is 3. The minimum absolute atomic E-state index is 0.159. The summed E-state index contributed by atoms with van der Waals surface area (Å²) in [7, 11) is 1.74. The highest BCUT2D eigenvalue weighted by molar-refractivity contribution is 7.13. The maximum Gasteiger partial charge on any atom is 0.243 e. The number of likely N-dealkylation sites (N-methyl/N-ethyl adjacent to an activating group) is 1. The SMILES string of the molecule is CNC(C(=O)N1C[C@@H](O)CC1C(=O)N[C@H](C)c1ccc(-c2scnc2C)cc1)C(C)(C)C. The van der Waals surface area contributed by atoms with Gasteiger partial charge in [-0.05, 0) is 37.4 Å². The van der Waals surface area contributed by atoms with Gasteiger partial charge in [-0.2, -0.15) is 0 Å². The van der Waals surface area contributed by atoms with Gasteiger partial charge >= 0.3 is 0 Å². The van der Waals surface area contributed by atoms with Gasteiger partial charge in [-0.3, -0.25) is 9.59 Å². The van der Waals surface area contributed by atoms with Gasteiger partial charge in [0.25, 0.3) is 0 Å². The summed E-state index contributed by atoms with van der Waals surface area (Å²) in [5.74, 6) is -0.401. The molecule has 1 aliphatic heterocycles. The Morgan fingerprint density at radius 3 is 2.44 bits per heavy atom. The summed E-state index contributed by atoms with van der Waals surface area (Å²) in [6.07, 6.45) is -0.460. The number of aryl methyl sites for hydroxylation is 1. The predicted molar refractivity (Wildman–Crippen MR) is 127 cm³/mol. The fraction of sp³-hybridized carbons (Fsp3) is 0.542. The lowest BCUT2D eigenvalue weighted by Crippen LogP contribution is -2.56. The molecule has 0 spiro atoms. The number of aromatic nitrogens is 1. The Morgan fingerprint density at radius 2 is 1.91 bits per heavy atom. The fourth-order valence-corrected chi connectivity index (χ4v) is 5.11. The monoisotopic (exact) mass is 458 g/mol. The average Bonchev–Trinajstić information content (AvgIpc) is 3.33. The number of carbonyl (C=O) groups is 2. The third kappa shape index (κ3) is 5.19. The van der Waals surface area contributed by atoms with Gasteiger partial charge in [-0.25, -0.2) is 4.98 Å². The van der Waals surface area contributed by atoms with E-state index in [1.54, 1.807) is 18.4 Å². The molecule has 3 N–H and O–H groups in total. The molecule has 0 radical (unpaired) electrons. The van der Waals surface area contributed by atoms with Crippen molar-refractivity contribution in [1.82, 2.24) is 20.5 Å². The van der Waals surface area contributed by atoms with Crippen molar-refractivity contribution in [1.29, 1.82) is 0 Å². The van der Waals surface area contributed by atoms with E-state index in [1.165, 1.54) is 4.90 Å². The first-order valence-electron chi connectivity index (χ1n) is 11.0. The molecule has 2 aromatic rings. The van der Waals surface area contributed by atoms with E-state index in [1.807, 2.05) is 64.4 Å². The third-order valence-corrected chi connectivity index (χ3v) is 7.02. The van der Waals surface area contributed by atoms with Gasteiger partial charge in [0.1, 0.15) is 6.04 Å². The second-order valence-corrected chi connectivity index (χ2v) is 10.5. The Bertz CT molecular complexity index is 951. The van der Waals surface area contributed by atoms with Gasteiger partial charge in [0.15, 0.2) is 0 Å². The molecule has 8 heteroatoms. The topological polar surface area (TPSA) is 94.6 Å². The first-order chi connectivity index (χ1) is 15.0. The number of carbonyl (C=O) groups excluding carboxylic acids is 2. The highest BCUT2D eigenvalue weighted by Gasteiger charge is 2.43. The van der Waals surface area contributed by atoms with Crippen molar-refractivity contribution in [2.45, 2.75) is 65.3 Å². The second kappa shape index (κ2) is 9.68. The highest BCUT2D eigenvalue weighted by atomic mass is 32.1. The van der Waals surface area contributed by atoms with Crippen molar-refractivity contribution in [3.8, 4) is 10.4 Å². The van der Waals surface area contributed by atoms with Crippen LogP contribution in [0.1, 0.15) is 51.4 Å².